The van der Waals surface area contributed by atoms with Crippen molar-refractivity contribution < 1.29 is 13.2 Å². The smallest absolute Gasteiger partial charge is 0.192 e. The lowest BCUT2D eigenvalue weighted by molar-refractivity contribution is 0.0531. The highest BCUT2D eigenvalue weighted by Gasteiger charge is 2.20. The summed E-state index contributed by atoms with van der Waals surface area (Å²) >= 11 is 0. The molecule has 0 saturated carbocycles. The van der Waals surface area contributed by atoms with Crippen molar-refractivity contribution in [2.24, 2.45) is 0 Å². The highest BCUT2D eigenvalue weighted by Crippen LogP contribution is 2.23. The molecule has 2 rings (SSSR count). The first-order valence-corrected chi connectivity index (χ1v) is 7.80. The predicted molar refractivity (Wildman–Crippen MR) is 69.7 cm³/mol. The van der Waals surface area contributed by atoms with E-state index in [9.17, 15) is 8.42 Å². The molecule has 5 nitrogen and oxygen atoms in total. The van der Waals surface area contributed by atoms with Crippen LogP contribution in [0.4, 0.5) is 5.69 Å². The quantitative estimate of drug-likeness (QED) is 0.803. The molecule has 1 unspecified atom stereocenters. The monoisotopic (exact) mass is 270 g/mol. The Labute approximate surface area is 108 Å². The summed E-state index contributed by atoms with van der Waals surface area (Å²) in [4.78, 5) is 6.22. The minimum Gasteiger partial charge on any atom is -0.375 e. The number of hydrogen-bond acceptors (Lipinski definition) is 5. The maximum atomic E-state index is 11.4. The van der Waals surface area contributed by atoms with Crippen molar-refractivity contribution in [3.63, 3.8) is 0 Å². The van der Waals surface area contributed by atoms with Crippen molar-refractivity contribution in [1.82, 2.24) is 4.98 Å². The van der Waals surface area contributed by atoms with E-state index in [1.165, 1.54) is 6.26 Å². The first-order chi connectivity index (χ1) is 8.38. The normalized spacial score (nSPS) is 21.1. The molecule has 1 saturated heterocycles. The van der Waals surface area contributed by atoms with E-state index >= 15 is 0 Å². The van der Waals surface area contributed by atoms with Crippen LogP contribution in [0.25, 0.3) is 0 Å². The largest absolute Gasteiger partial charge is 0.375 e. The van der Waals surface area contributed by atoms with E-state index < -0.39 is 9.84 Å². The van der Waals surface area contributed by atoms with Crippen LogP contribution in [0, 0.1) is 6.92 Å². The molecule has 0 radical (unpaired) electrons. The van der Waals surface area contributed by atoms with Crippen LogP contribution in [0.3, 0.4) is 0 Å². The molecule has 2 heterocycles. The number of aromatic nitrogens is 1. The number of aryl methyl sites for hydroxylation is 1. The number of ether oxygens (including phenoxy) is 1. The lowest BCUT2D eigenvalue weighted by Crippen LogP contribution is -2.41. The molecule has 0 amide bonds. The molecule has 0 bridgehead atoms. The molecule has 0 N–H and O–H groups in total. The molecule has 0 aromatic carbocycles. The number of rotatable bonds is 2. The lowest BCUT2D eigenvalue weighted by atomic mass is 10.2. The van der Waals surface area contributed by atoms with Crippen molar-refractivity contribution in [3.8, 4) is 0 Å². The Balaban J connectivity index is 2.30. The zero-order chi connectivity index (χ0) is 13.3. The van der Waals surface area contributed by atoms with E-state index in [4.69, 9.17) is 4.74 Å². The summed E-state index contributed by atoms with van der Waals surface area (Å²) in [7, 11) is -3.24. The number of pyridine rings is 1. The van der Waals surface area contributed by atoms with Crippen molar-refractivity contribution in [1.29, 1.82) is 0 Å². The first-order valence-electron chi connectivity index (χ1n) is 5.91. The highest BCUT2D eigenvalue weighted by atomic mass is 32.2. The number of morpholine rings is 1. The molecule has 100 valence electrons. The molecular weight excluding hydrogens is 252 g/mol. The maximum absolute atomic E-state index is 11.4. The van der Waals surface area contributed by atoms with Crippen molar-refractivity contribution in [3.05, 3.63) is 17.8 Å². The van der Waals surface area contributed by atoms with Gasteiger partial charge in [0.15, 0.2) is 14.9 Å². The molecule has 1 atom stereocenters. The van der Waals surface area contributed by atoms with Gasteiger partial charge in [0.1, 0.15) is 0 Å². The zero-order valence-electron chi connectivity index (χ0n) is 10.9. The van der Waals surface area contributed by atoms with E-state index in [0.717, 1.165) is 24.3 Å². The molecule has 6 heteroatoms. The summed E-state index contributed by atoms with van der Waals surface area (Å²) < 4.78 is 28.3. The van der Waals surface area contributed by atoms with E-state index in [1.54, 1.807) is 12.3 Å². The average Bonchev–Trinajstić information content (AvgIpc) is 2.27. The third-order valence-corrected chi connectivity index (χ3v) is 4.00. The summed E-state index contributed by atoms with van der Waals surface area (Å²) in [6.45, 7) is 6.24. The lowest BCUT2D eigenvalue weighted by Gasteiger charge is -2.33. The molecule has 1 aliphatic rings. The van der Waals surface area contributed by atoms with Crippen molar-refractivity contribution >= 4 is 15.5 Å². The van der Waals surface area contributed by atoms with Gasteiger partial charge in [-0.2, -0.15) is 0 Å². The summed E-state index contributed by atoms with van der Waals surface area (Å²) in [6, 6.07) is 1.63. The zero-order valence-corrected chi connectivity index (χ0v) is 11.7. The highest BCUT2D eigenvalue weighted by molar-refractivity contribution is 7.90. The third-order valence-electron chi connectivity index (χ3n) is 3.02. The fourth-order valence-corrected chi connectivity index (χ4v) is 2.73. The first kappa shape index (κ1) is 13.3. The Hall–Kier alpha value is -1.14. The van der Waals surface area contributed by atoms with Crippen LogP contribution < -0.4 is 4.90 Å². The van der Waals surface area contributed by atoms with Gasteiger partial charge in [-0.15, -0.1) is 0 Å². The van der Waals surface area contributed by atoms with E-state index in [1.807, 2.05) is 13.8 Å². The minimum atomic E-state index is -3.24. The van der Waals surface area contributed by atoms with Crippen molar-refractivity contribution in [2.75, 3.05) is 30.9 Å². The predicted octanol–water partition coefficient (Wildman–Crippen LogP) is 1.02. The van der Waals surface area contributed by atoms with Gasteiger partial charge in [0.05, 0.1) is 24.6 Å². The summed E-state index contributed by atoms with van der Waals surface area (Å²) in [5.41, 5.74) is 1.91. The fraction of sp³-hybridized carbons (Fsp3) is 0.583. The third kappa shape index (κ3) is 2.81. The van der Waals surface area contributed by atoms with Gasteiger partial charge in [0.2, 0.25) is 0 Å². The number of anilines is 1. The summed E-state index contributed by atoms with van der Waals surface area (Å²) in [6.07, 6.45) is 3.00. The maximum Gasteiger partial charge on any atom is 0.192 e. The Bertz CT molecular complexity index is 542. The van der Waals surface area contributed by atoms with Crippen LogP contribution in [0.2, 0.25) is 0 Å². The Kier molecular flexibility index (Phi) is 3.59. The Morgan fingerprint density at radius 2 is 2.22 bits per heavy atom. The van der Waals surface area contributed by atoms with Crippen LogP contribution in [-0.2, 0) is 14.6 Å². The van der Waals surface area contributed by atoms with E-state index in [-0.39, 0.29) is 11.1 Å². The molecule has 1 aliphatic heterocycles. The number of hydrogen-bond donors (Lipinski definition) is 0. The average molecular weight is 270 g/mol. The molecule has 1 aromatic heterocycles. The van der Waals surface area contributed by atoms with Crippen LogP contribution in [0.5, 0.6) is 0 Å². The van der Waals surface area contributed by atoms with E-state index in [2.05, 4.69) is 9.88 Å². The van der Waals surface area contributed by atoms with Gasteiger partial charge in [-0.05, 0) is 25.5 Å². The van der Waals surface area contributed by atoms with Crippen LogP contribution in [0.15, 0.2) is 17.3 Å². The molecule has 1 aromatic rings. The Morgan fingerprint density at radius 1 is 1.50 bits per heavy atom. The second-order valence-electron chi connectivity index (χ2n) is 4.71. The second kappa shape index (κ2) is 4.85. The molecule has 0 aliphatic carbocycles. The fourth-order valence-electron chi connectivity index (χ4n) is 2.09. The summed E-state index contributed by atoms with van der Waals surface area (Å²) in [5.74, 6) is 0. The SMILES string of the molecule is Cc1cc(S(C)(=O)=O)ncc1N1CCOC(C)C1. The molecule has 18 heavy (non-hydrogen) atoms. The number of sulfone groups is 1. The van der Waals surface area contributed by atoms with Gasteiger partial charge >= 0.3 is 0 Å². The van der Waals surface area contributed by atoms with Crippen LogP contribution in [-0.4, -0.2) is 45.5 Å². The minimum absolute atomic E-state index is 0.130. The standard InChI is InChI=1S/C12H18N2O3S/c1-9-6-12(18(3,15)16)13-7-11(9)14-4-5-17-10(2)8-14/h6-7,10H,4-5,8H2,1-3H3. The van der Waals surface area contributed by atoms with Gasteiger partial charge in [-0.1, -0.05) is 0 Å². The Morgan fingerprint density at radius 3 is 2.78 bits per heavy atom. The topological polar surface area (TPSA) is 59.5 Å². The molecule has 0 spiro atoms. The molecular formula is C12H18N2O3S. The van der Waals surface area contributed by atoms with Crippen LogP contribution in [0.1, 0.15) is 12.5 Å². The van der Waals surface area contributed by atoms with E-state index in [0.29, 0.717) is 6.61 Å². The van der Waals surface area contributed by atoms with Crippen LogP contribution >= 0.6 is 0 Å². The van der Waals surface area contributed by atoms with Gasteiger partial charge in [0, 0.05) is 19.3 Å². The second-order valence-corrected chi connectivity index (χ2v) is 6.67. The van der Waals surface area contributed by atoms with Crippen molar-refractivity contribution in [2.45, 2.75) is 25.0 Å². The summed E-state index contributed by atoms with van der Waals surface area (Å²) in [5, 5.41) is 0.130. The van der Waals surface area contributed by atoms with Gasteiger partial charge in [-0.3, -0.25) is 0 Å². The van der Waals surface area contributed by atoms with Gasteiger partial charge in [0.25, 0.3) is 0 Å². The van der Waals surface area contributed by atoms with Gasteiger partial charge < -0.3 is 9.64 Å². The molecule has 1 fully saturated rings. The van der Waals surface area contributed by atoms with Gasteiger partial charge in [-0.25, -0.2) is 13.4 Å². The number of nitrogens with zero attached hydrogens (tertiary/aromatic N) is 2.